The molecular formula is C52H67ClN8O2. The predicted molar refractivity (Wildman–Crippen MR) is 249 cm³/mol. The second-order valence-corrected chi connectivity index (χ2v) is 21.2. The van der Waals surface area contributed by atoms with Crippen molar-refractivity contribution in [1.82, 2.24) is 29.7 Å². The van der Waals surface area contributed by atoms with E-state index in [9.17, 15) is 9.59 Å². The largest absolute Gasteiger partial charge is 0.383 e. The molecule has 4 aromatic rings. The molecule has 11 heteroatoms. The first-order valence-corrected chi connectivity index (χ1v) is 24.0. The van der Waals surface area contributed by atoms with Gasteiger partial charge in [0.2, 0.25) is 11.1 Å². The number of nitrogen functional groups attached to an aromatic ring is 1. The van der Waals surface area contributed by atoms with Crippen LogP contribution in [0.2, 0.25) is 0 Å². The van der Waals surface area contributed by atoms with Gasteiger partial charge in [0.25, 0.3) is 0 Å². The summed E-state index contributed by atoms with van der Waals surface area (Å²) in [5, 5.41) is 3.17. The van der Waals surface area contributed by atoms with Crippen molar-refractivity contribution in [2.24, 2.45) is 46.3 Å². The Labute approximate surface area is 379 Å². The van der Waals surface area contributed by atoms with Crippen LogP contribution >= 0.6 is 11.6 Å². The third-order valence-electron chi connectivity index (χ3n) is 16.1. The summed E-state index contributed by atoms with van der Waals surface area (Å²) in [6.45, 7) is 5.54. The van der Waals surface area contributed by atoms with Gasteiger partial charge in [-0.2, -0.15) is 0 Å². The Balaban J connectivity index is 0.000000133. The summed E-state index contributed by atoms with van der Waals surface area (Å²) in [5.74, 6) is 6.66. The standard InChI is InChI=1S/C26H32N4O.C14H16N4.C11H15ClO.CH4/c31-24(14-26-11-19-8-20(12-26)10-21(9-19)13-26)29-25-22-6-7-30(16-23(22)27-17-28-25)15-18-4-2-1-3-5-18;15-14-12-6-7-18(9-13(12)16-10-17-14)8-11-4-2-1-3-5-11;12-10(13)11-4-7-1-8(5-11)3-9(2-7)6-11;/h1-5,17,19-21H,6-16H2,(H,27,28,29,31);1-5,10H,6-9H2,(H2,15,16,17);7-9H,1-6H2;1H4. The fourth-order valence-electron chi connectivity index (χ4n) is 14.3. The molecule has 3 N–H and O–H groups in total. The van der Waals surface area contributed by atoms with E-state index in [-0.39, 0.29) is 29.4 Å². The summed E-state index contributed by atoms with van der Waals surface area (Å²) >= 11 is 5.76. The van der Waals surface area contributed by atoms with Gasteiger partial charge in [-0.05, 0) is 154 Å². The van der Waals surface area contributed by atoms with Gasteiger partial charge in [0.1, 0.15) is 24.3 Å². The smallest absolute Gasteiger partial charge is 0.227 e. The van der Waals surface area contributed by atoms with Crippen LogP contribution in [0.15, 0.2) is 73.3 Å². The summed E-state index contributed by atoms with van der Waals surface area (Å²) < 4.78 is 0. The fraction of sp³-hybridized carbons (Fsp3) is 0.577. The number of fused-ring (bicyclic) bond motifs is 2. The Morgan fingerprint density at radius 2 is 1.08 bits per heavy atom. The number of hydrogen-bond donors (Lipinski definition) is 2. The highest BCUT2D eigenvalue weighted by atomic mass is 35.5. The van der Waals surface area contributed by atoms with Crippen molar-refractivity contribution in [2.45, 2.75) is 130 Å². The first-order chi connectivity index (χ1) is 30.1. The topological polar surface area (TPSA) is 130 Å². The Morgan fingerprint density at radius 1 is 0.635 bits per heavy atom. The number of anilines is 2. The molecule has 14 rings (SSSR count). The number of nitrogens with two attached hydrogens (primary N) is 1. The first kappa shape index (κ1) is 44.0. The molecule has 8 bridgehead atoms. The van der Waals surface area contributed by atoms with E-state index < -0.39 is 0 Å². The van der Waals surface area contributed by atoms with Gasteiger partial charge in [0.05, 0.1) is 11.4 Å². The maximum atomic E-state index is 13.1. The van der Waals surface area contributed by atoms with Gasteiger partial charge < -0.3 is 11.1 Å². The van der Waals surface area contributed by atoms with Gasteiger partial charge in [-0.15, -0.1) is 0 Å². The van der Waals surface area contributed by atoms with Crippen LogP contribution in [0.25, 0.3) is 0 Å². The summed E-state index contributed by atoms with van der Waals surface area (Å²) in [4.78, 5) is 46.8. The zero-order valence-corrected chi connectivity index (χ0v) is 37.0. The fourth-order valence-corrected chi connectivity index (χ4v) is 14.5. The number of nitrogens with zero attached hydrogens (tertiary/aromatic N) is 6. The maximum Gasteiger partial charge on any atom is 0.227 e. The second kappa shape index (κ2) is 18.7. The van der Waals surface area contributed by atoms with Crippen LogP contribution in [0, 0.1) is 46.3 Å². The van der Waals surface area contributed by atoms with Crippen LogP contribution in [-0.2, 0) is 48.6 Å². The van der Waals surface area contributed by atoms with Crippen LogP contribution in [0.3, 0.4) is 0 Å². The lowest BCUT2D eigenvalue weighted by atomic mass is 9.49. The van der Waals surface area contributed by atoms with Crippen molar-refractivity contribution in [3.05, 3.63) is 107 Å². The molecule has 0 spiro atoms. The van der Waals surface area contributed by atoms with E-state index in [1.54, 1.807) is 12.7 Å². The Morgan fingerprint density at radius 3 is 1.57 bits per heavy atom. The molecule has 4 heterocycles. The number of nitrogens with one attached hydrogen (secondary N) is 1. The van der Waals surface area contributed by atoms with E-state index in [2.05, 4.69) is 89.6 Å². The number of amides is 1. The van der Waals surface area contributed by atoms with Crippen LogP contribution < -0.4 is 11.1 Å². The van der Waals surface area contributed by atoms with Gasteiger partial charge in [0, 0.05) is 62.2 Å². The summed E-state index contributed by atoms with van der Waals surface area (Å²) in [7, 11) is 0. The molecular weight excluding hydrogens is 804 g/mol. The molecule has 10 aliphatic rings. The highest BCUT2D eigenvalue weighted by Gasteiger charge is 2.54. The third-order valence-corrected chi connectivity index (χ3v) is 16.5. The average molecular weight is 872 g/mol. The van der Waals surface area contributed by atoms with Gasteiger partial charge in [0.15, 0.2) is 0 Å². The number of benzene rings is 2. The first-order valence-electron chi connectivity index (χ1n) is 23.6. The molecule has 2 aliphatic heterocycles. The number of hydrogen-bond acceptors (Lipinski definition) is 9. The minimum Gasteiger partial charge on any atom is -0.383 e. The molecule has 1 amide bonds. The maximum absolute atomic E-state index is 13.1. The molecule has 334 valence electrons. The Bertz CT molecular complexity index is 2170. The third kappa shape index (κ3) is 9.89. The normalized spacial score (nSPS) is 30.7. The quantitative estimate of drug-likeness (QED) is 0.166. The van der Waals surface area contributed by atoms with E-state index in [1.165, 1.54) is 68.9 Å². The number of aromatic nitrogens is 4. The van der Waals surface area contributed by atoms with Crippen LogP contribution in [0.4, 0.5) is 11.6 Å². The van der Waals surface area contributed by atoms with Crippen molar-refractivity contribution in [1.29, 1.82) is 0 Å². The molecule has 0 saturated heterocycles. The van der Waals surface area contributed by atoms with Crippen LogP contribution in [0.5, 0.6) is 0 Å². The number of carbonyl (C=O) groups excluding carboxylic acids is 2. The molecule has 8 aliphatic carbocycles. The average Bonchev–Trinajstić information content (AvgIpc) is 3.24. The minimum absolute atomic E-state index is 0. The molecule has 8 saturated carbocycles. The van der Waals surface area contributed by atoms with Crippen molar-refractivity contribution in [2.75, 3.05) is 24.1 Å². The van der Waals surface area contributed by atoms with Crippen molar-refractivity contribution >= 4 is 34.4 Å². The lowest BCUT2D eigenvalue weighted by Gasteiger charge is -2.56. The zero-order chi connectivity index (χ0) is 42.3. The lowest BCUT2D eigenvalue weighted by molar-refractivity contribution is -0.135. The molecule has 63 heavy (non-hydrogen) atoms. The summed E-state index contributed by atoms with van der Waals surface area (Å²) in [5.41, 5.74) is 13.1. The van der Waals surface area contributed by atoms with Gasteiger partial charge in [-0.25, -0.2) is 19.9 Å². The van der Waals surface area contributed by atoms with Crippen LogP contribution in [-0.4, -0.2) is 54.0 Å². The highest BCUT2D eigenvalue weighted by Crippen LogP contribution is 2.62. The number of halogens is 1. The Kier molecular flexibility index (Phi) is 13.0. The lowest BCUT2D eigenvalue weighted by Crippen LogP contribution is -2.48. The predicted octanol–water partition coefficient (Wildman–Crippen LogP) is 9.80. The van der Waals surface area contributed by atoms with E-state index >= 15 is 0 Å². The summed E-state index contributed by atoms with van der Waals surface area (Å²) in [6, 6.07) is 21.1. The zero-order valence-electron chi connectivity index (χ0n) is 36.2. The molecule has 2 aromatic heterocycles. The highest BCUT2D eigenvalue weighted by molar-refractivity contribution is 6.64. The molecule has 2 aromatic carbocycles. The molecule has 0 unspecified atom stereocenters. The number of rotatable bonds is 8. The van der Waals surface area contributed by atoms with Crippen molar-refractivity contribution < 1.29 is 9.59 Å². The van der Waals surface area contributed by atoms with Gasteiger partial charge >= 0.3 is 0 Å². The van der Waals surface area contributed by atoms with Crippen LogP contribution in [0.1, 0.15) is 125 Å². The van der Waals surface area contributed by atoms with Crippen molar-refractivity contribution in [3.8, 4) is 0 Å². The molecule has 0 radical (unpaired) electrons. The Hall–Kier alpha value is -4.25. The van der Waals surface area contributed by atoms with E-state index in [4.69, 9.17) is 17.3 Å². The minimum atomic E-state index is -0.0731. The summed E-state index contributed by atoms with van der Waals surface area (Å²) in [6.07, 6.45) is 21.2. The van der Waals surface area contributed by atoms with Gasteiger partial charge in [-0.1, -0.05) is 68.1 Å². The van der Waals surface area contributed by atoms with E-state index in [0.29, 0.717) is 12.2 Å². The monoisotopic (exact) mass is 871 g/mol. The van der Waals surface area contributed by atoms with Crippen molar-refractivity contribution in [3.63, 3.8) is 0 Å². The molecule has 0 atom stereocenters. The molecule has 10 nitrogen and oxygen atoms in total. The van der Waals surface area contributed by atoms with E-state index in [1.807, 2.05) is 6.07 Å². The van der Waals surface area contributed by atoms with Gasteiger partial charge in [-0.3, -0.25) is 19.4 Å². The number of carbonyl (C=O) groups is 2. The second-order valence-electron chi connectivity index (χ2n) is 20.8. The molecule has 8 fully saturated rings. The van der Waals surface area contributed by atoms with E-state index in [0.717, 1.165) is 135 Å². The SMILES string of the molecule is C.Nc1ncnc2c1CCN(Cc1ccccc1)C2.O=C(CC12CC3CC(CC(C3)C1)C2)Nc1ncnc2c1CCN(Cc1ccccc1)C2.O=C(Cl)C12CC3CC(CC(C3)C1)C2.